The molecule has 1 unspecified atom stereocenters. The van der Waals surface area contributed by atoms with Gasteiger partial charge in [0.05, 0.1) is 5.56 Å². The number of hydrogen-bond acceptors (Lipinski definition) is 4. The lowest BCUT2D eigenvalue weighted by molar-refractivity contribution is 0.223. The molecule has 5 heteroatoms. The quantitative estimate of drug-likeness (QED) is 0.816. The van der Waals surface area contributed by atoms with Crippen molar-refractivity contribution in [1.82, 2.24) is 9.88 Å². The van der Waals surface area contributed by atoms with E-state index in [1.165, 1.54) is 32.4 Å². The normalized spacial score (nSPS) is 17.7. The summed E-state index contributed by atoms with van der Waals surface area (Å²) in [6.45, 7) is 7.60. The maximum Gasteiger partial charge on any atom is 0.136 e. The van der Waals surface area contributed by atoms with Crippen LogP contribution in [0, 0.1) is 6.92 Å². The number of piperidine rings is 1. The SMILES string of the molecule is Cc1ccc(C(N)=S)c(NC(C)CN2CCCCC2)n1. The highest BCUT2D eigenvalue weighted by atomic mass is 32.1. The van der Waals surface area contributed by atoms with Crippen molar-refractivity contribution in [2.75, 3.05) is 25.0 Å². The van der Waals surface area contributed by atoms with E-state index >= 15 is 0 Å². The Balaban J connectivity index is 2.00. The van der Waals surface area contributed by atoms with E-state index in [9.17, 15) is 0 Å². The summed E-state index contributed by atoms with van der Waals surface area (Å²) in [7, 11) is 0. The molecule has 2 heterocycles. The first-order valence-electron chi connectivity index (χ1n) is 7.32. The summed E-state index contributed by atoms with van der Waals surface area (Å²) in [5, 5.41) is 3.46. The molecular formula is C15H24N4S. The lowest BCUT2D eigenvalue weighted by atomic mass is 10.1. The van der Waals surface area contributed by atoms with Gasteiger partial charge in [-0.25, -0.2) is 4.98 Å². The molecule has 0 radical (unpaired) electrons. The highest BCUT2D eigenvalue weighted by Crippen LogP contribution is 2.16. The fourth-order valence-electron chi connectivity index (χ4n) is 2.67. The third kappa shape index (κ3) is 4.15. The Hall–Kier alpha value is -1.20. The Morgan fingerprint density at radius 2 is 2.10 bits per heavy atom. The van der Waals surface area contributed by atoms with Crippen LogP contribution in [0.3, 0.4) is 0 Å². The van der Waals surface area contributed by atoms with E-state index < -0.39 is 0 Å². The van der Waals surface area contributed by atoms with Crippen molar-refractivity contribution in [2.45, 2.75) is 39.2 Å². The van der Waals surface area contributed by atoms with Crippen LogP contribution < -0.4 is 11.1 Å². The predicted molar refractivity (Wildman–Crippen MR) is 88.2 cm³/mol. The van der Waals surface area contributed by atoms with E-state index in [0.717, 1.165) is 23.6 Å². The van der Waals surface area contributed by atoms with Crippen molar-refractivity contribution < 1.29 is 0 Å². The van der Waals surface area contributed by atoms with E-state index in [1.807, 2.05) is 19.1 Å². The molecule has 1 aliphatic heterocycles. The molecular weight excluding hydrogens is 268 g/mol. The first-order chi connectivity index (χ1) is 9.56. The predicted octanol–water partition coefficient (Wildman–Crippen LogP) is 2.31. The van der Waals surface area contributed by atoms with Gasteiger partial charge in [0.25, 0.3) is 0 Å². The van der Waals surface area contributed by atoms with E-state index in [-0.39, 0.29) is 0 Å². The minimum absolute atomic E-state index is 0.329. The first kappa shape index (κ1) is 15.2. The maximum atomic E-state index is 5.77. The number of nitrogens with two attached hydrogens (primary N) is 1. The van der Waals surface area contributed by atoms with Crippen molar-refractivity contribution in [1.29, 1.82) is 0 Å². The molecule has 0 bridgehead atoms. The van der Waals surface area contributed by atoms with Crippen LogP contribution >= 0.6 is 12.2 Å². The average Bonchev–Trinajstić information content (AvgIpc) is 2.39. The van der Waals surface area contributed by atoms with Gasteiger partial charge in [-0.15, -0.1) is 0 Å². The number of likely N-dealkylation sites (tertiary alicyclic amines) is 1. The number of nitrogens with zero attached hydrogens (tertiary/aromatic N) is 2. The highest BCUT2D eigenvalue weighted by Gasteiger charge is 2.15. The number of nitrogens with one attached hydrogen (secondary N) is 1. The number of aromatic nitrogens is 1. The second-order valence-corrected chi connectivity index (χ2v) is 6.06. The Bertz CT molecular complexity index is 469. The average molecular weight is 292 g/mol. The number of aryl methyl sites for hydroxylation is 1. The molecule has 0 aromatic carbocycles. The molecule has 3 N–H and O–H groups in total. The molecule has 0 amide bonds. The van der Waals surface area contributed by atoms with Gasteiger partial charge in [0, 0.05) is 18.3 Å². The molecule has 110 valence electrons. The third-order valence-electron chi connectivity index (χ3n) is 3.66. The number of rotatable bonds is 5. The van der Waals surface area contributed by atoms with Crippen LogP contribution in [0.1, 0.15) is 37.4 Å². The largest absolute Gasteiger partial charge is 0.389 e. The smallest absolute Gasteiger partial charge is 0.136 e. The summed E-state index contributed by atoms with van der Waals surface area (Å²) in [6.07, 6.45) is 3.99. The van der Waals surface area contributed by atoms with E-state index in [1.54, 1.807) is 0 Å². The molecule has 0 saturated carbocycles. The fourth-order valence-corrected chi connectivity index (χ4v) is 2.84. The second-order valence-electron chi connectivity index (χ2n) is 5.62. The molecule has 0 spiro atoms. The van der Waals surface area contributed by atoms with Crippen LogP contribution in [0.15, 0.2) is 12.1 Å². The van der Waals surface area contributed by atoms with Crippen molar-refractivity contribution >= 4 is 23.0 Å². The van der Waals surface area contributed by atoms with Crippen molar-refractivity contribution in [3.8, 4) is 0 Å². The number of hydrogen-bond donors (Lipinski definition) is 2. The van der Waals surface area contributed by atoms with Gasteiger partial charge in [0.15, 0.2) is 0 Å². The van der Waals surface area contributed by atoms with Crippen molar-refractivity contribution in [3.63, 3.8) is 0 Å². The van der Waals surface area contributed by atoms with Crippen LogP contribution in [0.5, 0.6) is 0 Å². The fraction of sp³-hybridized carbons (Fsp3) is 0.600. The molecule has 1 saturated heterocycles. The molecule has 20 heavy (non-hydrogen) atoms. The zero-order chi connectivity index (χ0) is 14.5. The van der Waals surface area contributed by atoms with Gasteiger partial charge in [-0.1, -0.05) is 18.6 Å². The molecule has 0 aliphatic carbocycles. The molecule has 4 nitrogen and oxygen atoms in total. The Morgan fingerprint density at radius 3 is 2.75 bits per heavy atom. The number of thiocarbonyl (C=S) groups is 1. The van der Waals surface area contributed by atoms with Crippen LogP contribution in [0.2, 0.25) is 0 Å². The lowest BCUT2D eigenvalue weighted by Crippen LogP contribution is -2.38. The third-order valence-corrected chi connectivity index (χ3v) is 3.88. The lowest BCUT2D eigenvalue weighted by Gasteiger charge is -2.29. The van der Waals surface area contributed by atoms with E-state index in [0.29, 0.717) is 11.0 Å². The molecule has 1 atom stereocenters. The molecule has 1 aromatic rings. The van der Waals surface area contributed by atoms with Gasteiger partial charge in [0.2, 0.25) is 0 Å². The van der Waals surface area contributed by atoms with Crippen molar-refractivity contribution in [2.24, 2.45) is 5.73 Å². The number of pyridine rings is 1. The summed E-state index contributed by atoms with van der Waals surface area (Å²) < 4.78 is 0. The summed E-state index contributed by atoms with van der Waals surface area (Å²) in [5.41, 5.74) is 7.57. The first-order valence-corrected chi connectivity index (χ1v) is 7.73. The monoisotopic (exact) mass is 292 g/mol. The Kier molecular flexibility index (Phi) is 5.31. The van der Waals surface area contributed by atoms with Gasteiger partial charge in [-0.05, 0) is 51.9 Å². The minimum atomic E-state index is 0.329. The van der Waals surface area contributed by atoms with E-state index in [4.69, 9.17) is 18.0 Å². The van der Waals surface area contributed by atoms with Crippen LogP contribution in [-0.2, 0) is 0 Å². The standard InChI is InChI=1S/C15H24N4S/c1-11-6-7-13(14(16)20)15(17-11)18-12(2)10-19-8-4-3-5-9-19/h6-7,12H,3-5,8-10H2,1-2H3,(H2,16,20)(H,17,18). The van der Waals surface area contributed by atoms with Crippen LogP contribution in [-0.4, -0.2) is 40.5 Å². The van der Waals surface area contributed by atoms with Gasteiger partial charge in [0.1, 0.15) is 10.8 Å². The zero-order valence-corrected chi connectivity index (χ0v) is 13.2. The van der Waals surface area contributed by atoms with Gasteiger partial charge >= 0.3 is 0 Å². The summed E-state index contributed by atoms with van der Waals surface area (Å²) in [4.78, 5) is 7.44. The van der Waals surface area contributed by atoms with Gasteiger partial charge in [-0.3, -0.25) is 0 Å². The van der Waals surface area contributed by atoms with Crippen molar-refractivity contribution in [3.05, 3.63) is 23.4 Å². The summed E-state index contributed by atoms with van der Waals surface area (Å²) in [6, 6.07) is 4.21. The summed E-state index contributed by atoms with van der Waals surface area (Å²) in [5.74, 6) is 0.807. The van der Waals surface area contributed by atoms with E-state index in [2.05, 4.69) is 22.1 Å². The zero-order valence-electron chi connectivity index (χ0n) is 12.4. The summed E-state index contributed by atoms with van der Waals surface area (Å²) >= 11 is 5.09. The Morgan fingerprint density at radius 1 is 1.40 bits per heavy atom. The maximum absolute atomic E-state index is 5.77. The topological polar surface area (TPSA) is 54.2 Å². The van der Waals surface area contributed by atoms with Gasteiger partial charge in [-0.2, -0.15) is 0 Å². The van der Waals surface area contributed by atoms with Gasteiger partial charge < -0.3 is 16.0 Å². The minimum Gasteiger partial charge on any atom is -0.389 e. The van der Waals surface area contributed by atoms with Crippen LogP contribution in [0.4, 0.5) is 5.82 Å². The Labute approximate surface area is 126 Å². The van der Waals surface area contributed by atoms with Crippen LogP contribution in [0.25, 0.3) is 0 Å². The molecule has 1 aliphatic rings. The highest BCUT2D eigenvalue weighted by molar-refractivity contribution is 7.80. The molecule has 1 fully saturated rings. The number of anilines is 1. The molecule has 1 aromatic heterocycles. The molecule has 2 rings (SSSR count). The second kappa shape index (κ2) is 6.99.